The number of thioether (sulfide) groups is 1. The molecule has 0 unspecified atom stereocenters. The smallest absolute Gasteiger partial charge is 0.244 e. The molecule has 152 valence electrons. The number of imidazole rings is 1. The monoisotopic (exact) mass is 444 g/mol. The fourth-order valence-electron chi connectivity index (χ4n) is 2.91. The molecule has 0 atom stereocenters. The lowest BCUT2D eigenvalue weighted by molar-refractivity contribution is -0.116. The number of hydrogen-bond donors (Lipinski definition) is 1. The molecule has 0 saturated carbocycles. The molecule has 5 nitrogen and oxygen atoms in total. The van der Waals surface area contributed by atoms with Gasteiger partial charge in [-0.25, -0.2) is 13.8 Å². The van der Waals surface area contributed by atoms with Gasteiger partial charge >= 0.3 is 0 Å². The number of carbonyl (C=O) groups is 1. The van der Waals surface area contributed by atoms with E-state index >= 15 is 0 Å². The van der Waals surface area contributed by atoms with Crippen LogP contribution in [0.15, 0.2) is 66.1 Å². The van der Waals surface area contributed by atoms with Crippen LogP contribution < -0.4 is 5.32 Å². The Morgan fingerprint density at radius 3 is 2.83 bits per heavy atom. The normalized spacial score (nSPS) is 11.0. The highest BCUT2D eigenvalue weighted by molar-refractivity contribution is 7.98. The molecule has 4 aromatic rings. The highest BCUT2D eigenvalue weighted by atomic mass is 35.5. The minimum Gasteiger partial charge on any atom is -0.322 e. The fourth-order valence-corrected chi connectivity index (χ4v) is 4.03. The van der Waals surface area contributed by atoms with Gasteiger partial charge in [0.1, 0.15) is 18.2 Å². The number of amides is 1. The summed E-state index contributed by atoms with van der Waals surface area (Å²) in [7, 11) is 0. The number of rotatable bonds is 6. The average molecular weight is 445 g/mol. The maximum absolute atomic E-state index is 14.0. The number of carbonyl (C=O) groups excluding carboxylic acids is 1. The SMILES string of the molecule is O=C(Cn1c(SCc2cccc(F)c2)nc2ccncc21)Nc1ccc(Cl)cc1F. The highest BCUT2D eigenvalue weighted by Crippen LogP contribution is 2.27. The molecule has 2 heterocycles. The maximum Gasteiger partial charge on any atom is 0.244 e. The second-order valence-corrected chi connectivity index (χ2v) is 7.81. The number of anilines is 1. The molecule has 30 heavy (non-hydrogen) atoms. The molecule has 0 aliphatic carbocycles. The predicted octanol–water partition coefficient (Wildman–Crippen LogP) is 5.29. The minimum atomic E-state index is -0.617. The topological polar surface area (TPSA) is 59.8 Å². The summed E-state index contributed by atoms with van der Waals surface area (Å²) in [6.45, 7) is -0.0876. The molecular formula is C21H15ClF2N4OS. The molecule has 0 spiro atoms. The van der Waals surface area contributed by atoms with Crippen LogP contribution >= 0.6 is 23.4 Å². The summed E-state index contributed by atoms with van der Waals surface area (Å²) in [5.41, 5.74) is 2.19. The van der Waals surface area contributed by atoms with Crippen LogP contribution in [0.25, 0.3) is 11.0 Å². The van der Waals surface area contributed by atoms with E-state index in [-0.39, 0.29) is 23.1 Å². The first-order valence-corrected chi connectivity index (χ1v) is 10.3. The summed E-state index contributed by atoms with van der Waals surface area (Å²) in [5, 5.41) is 3.37. The minimum absolute atomic E-state index is 0.0425. The van der Waals surface area contributed by atoms with Crippen LogP contribution in [0.3, 0.4) is 0 Å². The second-order valence-electron chi connectivity index (χ2n) is 6.44. The molecule has 0 fully saturated rings. The van der Waals surface area contributed by atoms with Crippen molar-refractivity contribution >= 4 is 46.0 Å². The van der Waals surface area contributed by atoms with Crippen molar-refractivity contribution in [3.8, 4) is 0 Å². The van der Waals surface area contributed by atoms with Gasteiger partial charge < -0.3 is 9.88 Å². The summed E-state index contributed by atoms with van der Waals surface area (Å²) >= 11 is 7.13. The van der Waals surface area contributed by atoms with E-state index in [9.17, 15) is 13.6 Å². The van der Waals surface area contributed by atoms with Crippen molar-refractivity contribution in [2.75, 3.05) is 5.32 Å². The van der Waals surface area contributed by atoms with Crippen molar-refractivity contribution < 1.29 is 13.6 Å². The van der Waals surface area contributed by atoms with Gasteiger partial charge in [0.25, 0.3) is 0 Å². The third-order valence-corrected chi connectivity index (χ3v) is 5.56. The molecular weight excluding hydrogens is 430 g/mol. The molecule has 2 aromatic carbocycles. The van der Waals surface area contributed by atoms with E-state index in [0.717, 1.165) is 11.6 Å². The van der Waals surface area contributed by atoms with Crippen molar-refractivity contribution in [3.05, 3.63) is 83.1 Å². The first-order chi connectivity index (χ1) is 14.5. The van der Waals surface area contributed by atoms with Crippen LogP contribution in [0.4, 0.5) is 14.5 Å². The maximum atomic E-state index is 14.0. The number of halogens is 3. The van der Waals surface area contributed by atoms with Crippen LogP contribution in [-0.2, 0) is 17.1 Å². The molecule has 0 saturated heterocycles. The van der Waals surface area contributed by atoms with Gasteiger partial charge in [-0.15, -0.1) is 0 Å². The number of nitrogens with one attached hydrogen (secondary N) is 1. The van der Waals surface area contributed by atoms with Gasteiger partial charge in [-0.1, -0.05) is 35.5 Å². The molecule has 0 bridgehead atoms. The number of benzene rings is 2. The van der Waals surface area contributed by atoms with Gasteiger partial charge in [-0.05, 0) is 42.0 Å². The Morgan fingerprint density at radius 2 is 2.03 bits per heavy atom. The third kappa shape index (κ3) is 4.60. The van der Waals surface area contributed by atoms with E-state index in [0.29, 0.717) is 21.9 Å². The molecule has 0 aliphatic heterocycles. The number of aromatic nitrogens is 3. The summed E-state index contributed by atoms with van der Waals surface area (Å²) in [6.07, 6.45) is 3.23. The van der Waals surface area contributed by atoms with E-state index in [2.05, 4.69) is 15.3 Å². The second kappa shape index (κ2) is 8.81. The zero-order chi connectivity index (χ0) is 21.1. The number of pyridine rings is 1. The standard InChI is InChI=1S/C21H15ClF2N4OS/c22-14-4-5-17(16(24)9-14)26-20(29)11-28-19-10-25-7-6-18(19)27-21(28)30-12-13-2-1-3-15(23)8-13/h1-10H,11-12H2,(H,26,29). The van der Waals surface area contributed by atoms with E-state index in [1.807, 2.05) is 6.07 Å². The lowest BCUT2D eigenvalue weighted by atomic mass is 10.2. The highest BCUT2D eigenvalue weighted by Gasteiger charge is 2.16. The molecule has 2 aromatic heterocycles. The summed E-state index contributed by atoms with van der Waals surface area (Å²) < 4.78 is 29.1. The first-order valence-electron chi connectivity index (χ1n) is 8.92. The van der Waals surface area contributed by atoms with Crippen molar-refractivity contribution in [1.29, 1.82) is 0 Å². The molecule has 0 radical (unpaired) electrons. The Hall–Kier alpha value is -2.97. The van der Waals surface area contributed by atoms with Gasteiger partial charge in [0.2, 0.25) is 5.91 Å². The van der Waals surface area contributed by atoms with E-state index in [1.54, 1.807) is 29.1 Å². The van der Waals surface area contributed by atoms with Gasteiger partial charge in [0.15, 0.2) is 5.16 Å². The Bertz CT molecular complexity index is 1230. The fraction of sp³-hybridized carbons (Fsp3) is 0.0952. The van der Waals surface area contributed by atoms with Gasteiger partial charge in [0, 0.05) is 17.0 Å². The van der Waals surface area contributed by atoms with Crippen molar-refractivity contribution in [2.45, 2.75) is 17.5 Å². The van der Waals surface area contributed by atoms with Gasteiger partial charge in [-0.2, -0.15) is 0 Å². The van der Waals surface area contributed by atoms with Crippen LogP contribution in [0.2, 0.25) is 5.02 Å². The predicted molar refractivity (Wildman–Crippen MR) is 114 cm³/mol. The summed E-state index contributed by atoms with van der Waals surface area (Å²) in [5.74, 6) is -0.877. The van der Waals surface area contributed by atoms with E-state index in [1.165, 1.54) is 36.0 Å². The zero-order valence-corrected chi connectivity index (χ0v) is 17.1. The number of hydrogen-bond acceptors (Lipinski definition) is 4. The van der Waals surface area contributed by atoms with Crippen molar-refractivity contribution in [2.24, 2.45) is 0 Å². The average Bonchev–Trinajstić information content (AvgIpc) is 3.06. The third-order valence-electron chi connectivity index (χ3n) is 4.28. The Kier molecular flexibility index (Phi) is 5.96. The zero-order valence-electron chi connectivity index (χ0n) is 15.5. The number of fused-ring (bicyclic) bond motifs is 1. The molecule has 1 N–H and O–H groups in total. The van der Waals surface area contributed by atoms with Gasteiger partial charge in [-0.3, -0.25) is 9.78 Å². The number of nitrogens with zero attached hydrogens (tertiary/aromatic N) is 3. The lowest BCUT2D eigenvalue weighted by Gasteiger charge is -2.10. The van der Waals surface area contributed by atoms with Crippen LogP contribution in [-0.4, -0.2) is 20.4 Å². The Balaban J connectivity index is 1.57. The molecule has 0 aliphatic rings. The van der Waals surface area contributed by atoms with E-state index < -0.39 is 11.7 Å². The van der Waals surface area contributed by atoms with E-state index in [4.69, 9.17) is 11.6 Å². The summed E-state index contributed by atoms with van der Waals surface area (Å²) in [6, 6.07) is 12.1. The molecule has 1 amide bonds. The molecule has 9 heteroatoms. The van der Waals surface area contributed by atoms with Crippen molar-refractivity contribution in [3.63, 3.8) is 0 Å². The quantitative estimate of drug-likeness (QED) is 0.410. The molecule has 4 rings (SSSR count). The van der Waals surface area contributed by atoms with Gasteiger partial charge in [0.05, 0.1) is 22.9 Å². The van der Waals surface area contributed by atoms with Crippen LogP contribution in [0.1, 0.15) is 5.56 Å². The van der Waals surface area contributed by atoms with Crippen molar-refractivity contribution in [1.82, 2.24) is 14.5 Å². The largest absolute Gasteiger partial charge is 0.322 e. The van der Waals surface area contributed by atoms with Crippen LogP contribution in [0, 0.1) is 11.6 Å². The lowest BCUT2D eigenvalue weighted by Crippen LogP contribution is -2.20. The Morgan fingerprint density at radius 1 is 1.17 bits per heavy atom. The Labute approximate surface area is 180 Å². The first kappa shape index (κ1) is 20.3. The summed E-state index contributed by atoms with van der Waals surface area (Å²) in [4.78, 5) is 21.3. The van der Waals surface area contributed by atoms with Crippen LogP contribution in [0.5, 0.6) is 0 Å².